The minimum Gasteiger partial charge on any atom is -0.469 e. The molecular weight excluding hydrogens is 298 g/mol. The number of hydrogen-bond donors (Lipinski definition) is 1. The Morgan fingerprint density at radius 3 is 2.50 bits per heavy atom. The molecule has 1 aromatic carbocycles. The first-order valence-electron chi connectivity index (χ1n) is 5.72. The van der Waals surface area contributed by atoms with Crippen LogP contribution in [0.15, 0.2) is 46.0 Å². The minimum atomic E-state index is -3.59. The molecule has 106 valence electrons. The van der Waals surface area contributed by atoms with E-state index in [2.05, 4.69) is 9.46 Å². The number of rotatable bonds is 5. The van der Waals surface area contributed by atoms with E-state index in [0.717, 1.165) is 0 Å². The largest absolute Gasteiger partial charge is 0.469 e. The van der Waals surface area contributed by atoms with Crippen LogP contribution in [-0.2, 0) is 26.0 Å². The molecule has 0 bridgehead atoms. The smallest absolute Gasteiger partial charge is 0.309 e. The molecule has 2 rings (SSSR count). The van der Waals surface area contributed by atoms with Crippen LogP contribution in [0.1, 0.15) is 5.56 Å². The molecule has 1 N–H and O–H groups in total. The average Bonchev–Trinajstić information content (AvgIpc) is 2.91. The third-order valence-electron chi connectivity index (χ3n) is 2.58. The lowest BCUT2D eigenvalue weighted by atomic mass is 10.2. The highest BCUT2D eigenvalue weighted by molar-refractivity contribution is 7.92. The van der Waals surface area contributed by atoms with Gasteiger partial charge in [-0.15, -0.1) is 0 Å². The number of carbonyl (C=O) groups is 1. The van der Waals surface area contributed by atoms with Crippen molar-refractivity contribution in [3.63, 3.8) is 0 Å². The number of hydrogen-bond acceptors (Lipinski definition) is 5. The van der Waals surface area contributed by atoms with E-state index in [0.29, 0.717) is 11.3 Å². The first kappa shape index (κ1) is 14.5. The lowest BCUT2D eigenvalue weighted by Crippen LogP contribution is -2.12. The normalized spacial score (nSPS) is 11.1. The van der Waals surface area contributed by atoms with Crippen molar-refractivity contribution in [2.24, 2.45) is 0 Å². The molecule has 0 unspecified atom stereocenters. The summed E-state index contributed by atoms with van der Waals surface area (Å²) in [5.74, 6) is -0.364. The fraction of sp³-hybridized carbons (Fsp3) is 0.154. The summed E-state index contributed by atoms with van der Waals surface area (Å²) < 4.78 is 31.2. The molecule has 0 aliphatic rings. The molecule has 1 heterocycles. The molecule has 2 aromatic rings. The van der Waals surface area contributed by atoms with Crippen LogP contribution >= 0.6 is 11.3 Å². The third-order valence-corrected chi connectivity index (χ3v) is 4.66. The summed E-state index contributed by atoms with van der Waals surface area (Å²) in [4.78, 5) is 11.3. The second-order valence-electron chi connectivity index (χ2n) is 4.01. The fourth-order valence-electron chi connectivity index (χ4n) is 1.56. The molecule has 0 aliphatic carbocycles. The second kappa shape index (κ2) is 6.06. The van der Waals surface area contributed by atoms with Gasteiger partial charge >= 0.3 is 5.97 Å². The standard InChI is InChI=1S/C13H13NO4S2/c1-18-13(15)8-10-2-4-12(5-3-10)20(16,17)14-11-6-7-19-9-11/h2-7,9,14H,8H2,1H3. The molecule has 0 saturated carbocycles. The van der Waals surface area contributed by atoms with E-state index in [1.54, 1.807) is 29.0 Å². The Kier molecular flexibility index (Phi) is 4.41. The van der Waals surface area contributed by atoms with Gasteiger partial charge in [0, 0.05) is 5.38 Å². The van der Waals surface area contributed by atoms with Crippen molar-refractivity contribution in [2.75, 3.05) is 11.8 Å². The maximum absolute atomic E-state index is 12.1. The zero-order chi connectivity index (χ0) is 14.6. The lowest BCUT2D eigenvalue weighted by Gasteiger charge is -2.07. The molecule has 0 saturated heterocycles. The van der Waals surface area contributed by atoms with Crippen molar-refractivity contribution in [3.05, 3.63) is 46.7 Å². The molecule has 20 heavy (non-hydrogen) atoms. The molecule has 0 spiro atoms. The van der Waals surface area contributed by atoms with Gasteiger partial charge in [0.1, 0.15) is 0 Å². The van der Waals surface area contributed by atoms with Gasteiger partial charge in [0.25, 0.3) is 10.0 Å². The first-order valence-corrected chi connectivity index (χ1v) is 8.14. The van der Waals surface area contributed by atoms with Gasteiger partial charge in [-0.2, -0.15) is 11.3 Å². The number of esters is 1. The number of carbonyl (C=O) groups excluding carboxylic acids is 1. The molecule has 0 fully saturated rings. The summed E-state index contributed by atoms with van der Waals surface area (Å²) in [5.41, 5.74) is 1.24. The molecule has 1 aromatic heterocycles. The summed E-state index contributed by atoms with van der Waals surface area (Å²) in [6.45, 7) is 0. The Hall–Kier alpha value is -1.86. The SMILES string of the molecule is COC(=O)Cc1ccc(S(=O)(=O)Nc2ccsc2)cc1. The number of sulfonamides is 1. The number of ether oxygens (including phenoxy) is 1. The highest BCUT2D eigenvalue weighted by Gasteiger charge is 2.14. The average molecular weight is 311 g/mol. The van der Waals surface area contributed by atoms with Crippen molar-refractivity contribution in [1.82, 2.24) is 0 Å². The third kappa shape index (κ3) is 3.58. The second-order valence-corrected chi connectivity index (χ2v) is 6.48. The van der Waals surface area contributed by atoms with Gasteiger partial charge in [0.2, 0.25) is 0 Å². The molecular formula is C13H13NO4S2. The first-order chi connectivity index (χ1) is 9.51. The van der Waals surface area contributed by atoms with Gasteiger partial charge < -0.3 is 4.74 Å². The Bertz CT molecular complexity index is 676. The predicted molar refractivity (Wildman–Crippen MR) is 77.3 cm³/mol. The molecule has 0 amide bonds. The van der Waals surface area contributed by atoms with Gasteiger partial charge in [-0.1, -0.05) is 12.1 Å². The van der Waals surface area contributed by atoms with Crippen LogP contribution in [-0.4, -0.2) is 21.5 Å². The molecule has 0 atom stereocenters. The number of thiophene rings is 1. The summed E-state index contributed by atoms with van der Waals surface area (Å²) >= 11 is 1.41. The zero-order valence-corrected chi connectivity index (χ0v) is 12.3. The number of anilines is 1. The minimum absolute atomic E-state index is 0.120. The van der Waals surface area contributed by atoms with E-state index >= 15 is 0 Å². The Balaban J connectivity index is 2.14. The molecule has 7 heteroatoms. The topological polar surface area (TPSA) is 72.5 Å². The van der Waals surface area contributed by atoms with Gasteiger partial charge in [-0.05, 0) is 29.1 Å². The maximum Gasteiger partial charge on any atom is 0.309 e. The predicted octanol–water partition coefficient (Wildman–Crippen LogP) is 2.26. The van der Waals surface area contributed by atoms with E-state index in [4.69, 9.17) is 0 Å². The van der Waals surface area contributed by atoms with Crippen LogP contribution in [0.25, 0.3) is 0 Å². The van der Waals surface area contributed by atoms with E-state index < -0.39 is 10.0 Å². The summed E-state index contributed by atoms with van der Waals surface area (Å²) in [6.07, 6.45) is 0.120. The van der Waals surface area contributed by atoms with E-state index in [1.165, 1.54) is 30.6 Å². The Morgan fingerprint density at radius 1 is 1.25 bits per heavy atom. The molecule has 5 nitrogen and oxygen atoms in total. The maximum atomic E-state index is 12.1. The van der Waals surface area contributed by atoms with Crippen molar-refractivity contribution < 1.29 is 17.9 Å². The van der Waals surface area contributed by atoms with Crippen molar-refractivity contribution in [2.45, 2.75) is 11.3 Å². The summed E-state index contributed by atoms with van der Waals surface area (Å²) in [5, 5.41) is 3.50. The number of benzene rings is 1. The van der Waals surface area contributed by atoms with Crippen LogP contribution in [0.3, 0.4) is 0 Å². The van der Waals surface area contributed by atoms with Crippen LogP contribution in [0.5, 0.6) is 0 Å². The van der Waals surface area contributed by atoms with E-state index in [1.807, 2.05) is 0 Å². The Morgan fingerprint density at radius 2 is 1.95 bits per heavy atom. The number of methoxy groups -OCH3 is 1. The lowest BCUT2D eigenvalue weighted by molar-refractivity contribution is -0.139. The van der Waals surface area contributed by atoms with Crippen LogP contribution in [0.2, 0.25) is 0 Å². The molecule has 0 aliphatic heterocycles. The van der Waals surface area contributed by atoms with Crippen LogP contribution < -0.4 is 4.72 Å². The van der Waals surface area contributed by atoms with E-state index in [-0.39, 0.29) is 17.3 Å². The van der Waals surface area contributed by atoms with Gasteiger partial charge in [-0.3, -0.25) is 9.52 Å². The fourth-order valence-corrected chi connectivity index (χ4v) is 3.27. The van der Waals surface area contributed by atoms with Crippen molar-refractivity contribution in [1.29, 1.82) is 0 Å². The van der Waals surface area contributed by atoms with Gasteiger partial charge in [0.15, 0.2) is 0 Å². The Labute approximate surface area is 121 Å². The van der Waals surface area contributed by atoms with Gasteiger partial charge in [-0.25, -0.2) is 8.42 Å². The number of nitrogens with one attached hydrogen (secondary N) is 1. The zero-order valence-electron chi connectivity index (χ0n) is 10.7. The van der Waals surface area contributed by atoms with Gasteiger partial charge in [0.05, 0.1) is 24.1 Å². The highest BCUT2D eigenvalue weighted by atomic mass is 32.2. The highest BCUT2D eigenvalue weighted by Crippen LogP contribution is 2.18. The monoisotopic (exact) mass is 311 g/mol. The van der Waals surface area contributed by atoms with Crippen LogP contribution in [0.4, 0.5) is 5.69 Å². The quantitative estimate of drug-likeness (QED) is 0.860. The van der Waals surface area contributed by atoms with Crippen LogP contribution in [0, 0.1) is 0 Å². The van der Waals surface area contributed by atoms with Crippen molar-refractivity contribution in [3.8, 4) is 0 Å². The molecule has 0 radical (unpaired) electrons. The summed E-state index contributed by atoms with van der Waals surface area (Å²) in [7, 11) is -2.28. The van der Waals surface area contributed by atoms with E-state index in [9.17, 15) is 13.2 Å². The van der Waals surface area contributed by atoms with Crippen molar-refractivity contribution >= 4 is 33.0 Å². The summed E-state index contributed by atoms with van der Waals surface area (Å²) in [6, 6.07) is 7.81.